The minimum Gasteiger partial charge on any atom is -0.304 e. The zero-order chi connectivity index (χ0) is 21.2. The summed E-state index contributed by atoms with van der Waals surface area (Å²) in [4.78, 5) is 25.2. The van der Waals surface area contributed by atoms with Crippen LogP contribution in [-0.4, -0.2) is 22.5 Å². The largest absolute Gasteiger partial charge is 0.338 e. The van der Waals surface area contributed by atoms with Crippen LogP contribution in [0.5, 0.6) is 0 Å². The Bertz CT molecular complexity index is 910. The predicted octanol–water partition coefficient (Wildman–Crippen LogP) is 5.90. The summed E-state index contributed by atoms with van der Waals surface area (Å²) in [5.74, 6) is -2.20. The molecule has 0 aromatic heterocycles. The summed E-state index contributed by atoms with van der Waals surface area (Å²) in [6, 6.07) is 4.27. The van der Waals surface area contributed by atoms with Gasteiger partial charge in [0.1, 0.15) is 11.6 Å². The second-order valence-electron chi connectivity index (χ2n) is 6.76. The highest BCUT2D eigenvalue weighted by Crippen LogP contribution is 2.32. The van der Waals surface area contributed by atoms with Gasteiger partial charge >= 0.3 is 6.03 Å². The highest BCUT2D eigenvalue weighted by atomic mass is 35.5. The maximum Gasteiger partial charge on any atom is 0.338 e. The number of benzene rings is 2. The summed E-state index contributed by atoms with van der Waals surface area (Å²) >= 11 is 17.8. The molecule has 150 valence electrons. The van der Waals surface area contributed by atoms with Crippen LogP contribution in [0.3, 0.4) is 0 Å². The number of anilines is 1. The predicted molar refractivity (Wildman–Crippen MR) is 106 cm³/mol. The fourth-order valence-corrected chi connectivity index (χ4v) is 2.77. The van der Waals surface area contributed by atoms with E-state index in [2.05, 4.69) is 10.7 Å². The third-order valence-electron chi connectivity index (χ3n) is 3.49. The summed E-state index contributed by atoms with van der Waals surface area (Å²) in [6.07, 6.45) is 0. The van der Waals surface area contributed by atoms with Crippen molar-refractivity contribution in [3.63, 3.8) is 0 Å². The lowest BCUT2D eigenvalue weighted by molar-refractivity contribution is 0.0460. The van der Waals surface area contributed by atoms with Gasteiger partial charge in [0.05, 0.1) is 26.3 Å². The van der Waals surface area contributed by atoms with Gasteiger partial charge in [-0.2, -0.15) is 0 Å². The van der Waals surface area contributed by atoms with Gasteiger partial charge < -0.3 is 5.32 Å². The molecule has 2 aromatic carbocycles. The molecule has 5 nitrogen and oxygen atoms in total. The van der Waals surface area contributed by atoms with Crippen molar-refractivity contribution >= 4 is 52.4 Å². The molecule has 0 bridgehead atoms. The van der Waals surface area contributed by atoms with E-state index >= 15 is 0 Å². The minimum atomic E-state index is -0.945. The number of hydrogen-bond acceptors (Lipinski definition) is 2. The third kappa shape index (κ3) is 5.25. The molecule has 0 atom stereocenters. The highest BCUT2D eigenvalue weighted by molar-refractivity contribution is 6.48. The molecule has 3 amide bonds. The molecule has 2 aromatic rings. The number of carbonyl (C=O) groups excluding carboxylic acids is 2. The highest BCUT2D eigenvalue weighted by Gasteiger charge is 2.30. The molecule has 0 spiro atoms. The molecule has 0 heterocycles. The molecule has 0 fully saturated rings. The second-order valence-corrected chi connectivity index (χ2v) is 7.95. The quantitative estimate of drug-likeness (QED) is 0.442. The Kier molecular flexibility index (Phi) is 6.75. The number of hydrazine groups is 1. The lowest BCUT2D eigenvalue weighted by atomic mass is 10.1. The topological polar surface area (TPSA) is 61.4 Å². The molecule has 2 rings (SSSR count). The van der Waals surface area contributed by atoms with Crippen molar-refractivity contribution < 1.29 is 18.4 Å². The molecule has 2 N–H and O–H groups in total. The van der Waals surface area contributed by atoms with Gasteiger partial charge in [0.25, 0.3) is 5.91 Å². The first-order chi connectivity index (χ1) is 12.9. The molecule has 28 heavy (non-hydrogen) atoms. The Morgan fingerprint density at radius 3 is 2.11 bits per heavy atom. The number of nitrogens with one attached hydrogen (secondary N) is 2. The average Bonchev–Trinajstić information content (AvgIpc) is 2.58. The van der Waals surface area contributed by atoms with Crippen LogP contribution >= 0.6 is 34.8 Å². The first kappa shape index (κ1) is 22.2. The van der Waals surface area contributed by atoms with E-state index in [1.807, 2.05) is 0 Å². The van der Waals surface area contributed by atoms with Crippen LogP contribution in [-0.2, 0) is 0 Å². The molecule has 0 radical (unpaired) electrons. The third-order valence-corrected chi connectivity index (χ3v) is 4.69. The fourth-order valence-electron chi connectivity index (χ4n) is 2.18. The monoisotopic (exact) mass is 449 g/mol. The van der Waals surface area contributed by atoms with Crippen molar-refractivity contribution in [2.45, 2.75) is 26.3 Å². The van der Waals surface area contributed by atoms with Crippen LogP contribution in [0.15, 0.2) is 30.3 Å². The fraction of sp³-hybridized carbons (Fsp3) is 0.222. The summed E-state index contributed by atoms with van der Waals surface area (Å²) in [6.45, 7) is 4.98. The number of halogens is 5. The summed E-state index contributed by atoms with van der Waals surface area (Å²) in [7, 11) is 0. The smallest absolute Gasteiger partial charge is 0.304 e. The van der Waals surface area contributed by atoms with E-state index in [0.717, 1.165) is 23.2 Å². The van der Waals surface area contributed by atoms with E-state index in [4.69, 9.17) is 34.8 Å². The van der Waals surface area contributed by atoms with Crippen molar-refractivity contribution in [1.29, 1.82) is 0 Å². The van der Waals surface area contributed by atoms with Crippen LogP contribution in [0.1, 0.15) is 31.1 Å². The molecule has 10 heteroatoms. The Labute approximate surface area is 175 Å². The molecule has 0 aliphatic rings. The maximum atomic E-state index is 13.7. The Morgan fingerprint density at radius 1 is 1.00 bits per heavy atom. The molecule has 0 unspecified atom stereocenters. The Balaban J connectivity index is 2.28. The van der Waals surface area contributed by atoms with E-state index in [-0.39, 0.29) is 26.3 Å². The van der Waals surface area contributed by atoms with Crippen molar-refractivity contribution in [1.82, 2.24) is 10.4 Å². The minimum absolute atomic E-state index is 0.0673. The molecule has 0 saturated carbocycles. The second kappa shape index (κ2) is 8.51. The van der Waals surface area contributed by atoms with E-state index in [9.17, 15) is 18.4 Å². The SMILES string of the molecule is CC(C)(C)N(NC(=O)Nc1cc(F)ccc1F)C(=O)c1cc(Cl)c(Cl)c(Cl)c1. The first-order valence-electron chi connectivity index (χ1n) is 7.92. The van der Waals surface area contributed by atoms with Gasteiger partial charge in [-0.25, -0.2) is 24.0 Å². The number of amides is 3. The van der Waals surface area contributed by atoms with Crippen molar-refractivity contribution in [2.75, 3.05) is 5.32 Å². The maximum absolute atomic E-state index is 13.7. The molecule has 0 saturated heterocycles. The van der Waals surface area contributed by atoms with Crippen LogP contribution in [0.2, 0.25) is 15.1 Å². The average molecular weight is 451 g/mol. The van der Waals surface area contributed by atoms with E-state index < -0.39 is 29.1 Å². The summed E-state index contributed by atoms with van der Waals surface area (Å²) < 4.78 is 27.0. The Morgan fingerprint density at radius 2 is 1.57 bits per heavy atom. The van der Waals surface area contributed by atoms with Crippen molar-refractivity contribution in [3.05, 3.63) is 62.6 Å². The van der Waals surface area contributed by atoms with Crippen LogP contribution < -0.4 is 10.7 Å². The summed E-state index contributed by atoms with van der Waals surface area (Å²) in [5.41, 5.74) is 1.15. The number of nitrogens with zero attached hydrogens (tertiary/aromatic N) is 1. The van der Waals surface area contributed by atoms with Gasteiger partial charge in [-0.1, -0.05) is 34.8 Å². The number of hydrogen-bond donors (Lipinski definition) is 2. The number of urea groups is 1. The zero-order valence-corrected chi connectivity index (χ0v) is 17.3. The van der Waals surface area contributed by atoms with Gasteiger partial charge in [0.15, 0.2) is 0 Å². The van der Waals surface area contributed by atoms with Crippen molar-refractivity contribution in [3.8, 4) is 0 Å². The standard InChI is InChI=1S/C18H16Cl3F2N3O2/c1-18(2,3)26(16(27)9-6-11(19)15(21)12(20)7-9)25-17(28)24-14-8-10(22)4-5-13(14)23/h4-8H,1-3H3,(H2,24,25,28). The number of rotatable bonds is 2. The van der Waals surface area contributed by atoms with Crippen LogP contribution in [0.4, 0.5) is 19.3 Å². The molecular formula is C18H16Cl3F2N3O2. The van der Waals surface area contributed by atoms with Gasteiger partial charge in [-0.3, -0.25) is 4.79 Å². The molecule has 0 aliphatic carbocycles. The van der Waals surface area contributed by atoms with Crippen molar-refractivity contribution in [2.24, 2.45) is 0 Å². The molecular weight excluding hydrogens is 435 g/mol. The normalized spacial score (nSPS) is 11.1. The van der Waals surface area contributed by atoms with Gasteiger partial charge in [0, 0.05) is 11.6 Å². The number of carbonyl (C=O) groups is 2. The first-order valence-corrected chi connectivity index (χ1v) is 9.05. The van der Waals surface area contributed by atoms with Crippen LogP contribution in [0, 0.1) is 11.6 Å². The van der Waals surface area contributed by atoms with E-state index in [0.29, 0.717) is 0 Å². The zero-order valence-electron chi connectivity index (χ0n) is 15.0. The lowest BCUT2D eigenvalue weighted by Gasteiger charge is -2.35. The lowest BCUT2D eigenvalue weighted by Crippen LogP contribution is -2.56. The van der Waals surface area contributed by atoms with Crippen LogP contribution in [0.25, 0.3) is 0 Å². The van der Waals surface area contributed by atoms with Gasteiger partial charge in [0.2, 0.25) is 0 Å². The van der Waals surface area contributed by atoms with Gasteiger partial charge in [-0.05, 0) is 45.0 Å². The summed E-state index contributed by atoms with van der Waals surface area (Å²) in [5, 5.41) is 3.40. The van der Waals surface area contributed by atoms with E-state index in [1.165, 1.54) is 12.1 Å². The Hall–Kier alpha value is -2.09. The van der Waals surface area contributed by atoms with E-state index in [1.54, 1.807) is 20.8 Å². The molecule has 0 aliphatic heterocycles. The van der Waals surface area contributed by atoms with Gasteiger partial charge in [-0.15, -0.1) is 0 Å².